The maximum absolute atomic E-state index is 12.8. The third-order valence-electron chi connectivity index (χ3n) is 5.68. The molecule has 2 bridgehead atoms. The molecule has 0 aromatic heterocycles. The highest BCUT2D eigenvalue weighted by molar-refractivity contribution is 5.88. The first kappa shape index (κ1) is 12.5. The van der Waals surface area contributed by atoms with Gasteiger partial charge in [-0.1, -0.05) is 20.3 Å². The number of carbonyl (C=O) groups is 1. The molecule has 1 saturated heterocycles. The molecule has 3 fully saturated rings. The molecule has 2 aliphatic carbocycles. The van der Waals surface area contributed by atoms with E-state index in [0.717, 1.165) is 24.7 Å². The van der Waals surface area contributed by atoms with Crippen molar-refractivity contribution in [1.82, 2.24) is 10.2 Å². The highest BCUT2D eigenvalue weighted by Crippen LogP contribution is 2.48. The Morgan fingerprint density at radius 3 is 2.61 bits per heavy atom. The minimum Gasteiger partial charge on any atom is -0.322 e. The maximum atomic E-state index is 12.8. The molecule has 0 spiro atoms. The highest BCUT2D eigenvalue weighted by atomic mass is 16.2. The molecular formula is C15H26N2O. The standard InChI is InChI=1S/C15H26N2O/c1-4-13-16-15(3,5-2)14(18)17(13)12-9-10-6-7-11(12)8-10/h10-13,16H,4-9H2,1-3H3. The van der Waals surface area contributed by atoms with Crippen LogP contribution < -0.4 is 5.32 Å². The molecule has 18 heavy (non-hydrogen) atoms. The van der Waals surface area contributed by atoms with Gasteiger partial charge in [0.25, 0.3) is 0 Å². The molecule has 3 aliphatic rings. The number of nitrogens with one attached hydrogen (secondary N) is 1. The maximum Gasteiger partial charge on any atom is 0.244 e. The Morgan fingerprint density at radius 1 is 1.33 bits per heavy atom. The van der Waals surface area contributed by atoms with Crippen molar-refractivity contribution >= 4 is 5.91 Å². The van der Waals surface area contributed by atoms with Crippen LogP contribution in [0.1, 0.15) is 59.3 Å². The zero-order chi connectivity index (χ0) is 12.9. The van der Waals surface area contributed by atoms with E-state index >= 15 is 0 Å². The fourth-order valence-electron chi connectivity index (χ4n) is 4.41. The molecule has 2 saturated carbocycles. The Labute approximate surface area is 110 Å². The number of amides is 1. The van der Waals surface area contributed by atoms with Gasteiger partial charge in [-0.2, -0.15) is 0 Å². The molecule has 1 N–H and O–H groups in total. The smallest absolute Gasteiger partial charge is 0.244 e. The average Bonchev–Trinajstić information content (AvgIpc) is 3.04. The highest BCUT2D eigenvalue weighted by Gasteiger charge is 2.53. The normalized spacial score (nSPS) is 47.3. The second-order valence-electron chi connectivity index (χ2n) is 6.71. The molecule has 1 amide bonds. The summed E-state index contributed by atoms with van der Waals surface area (Å²) in [5, 5.41) is 3.58. The third kappa shape index (κ3) is 1.63. The molecule has 3 rings (SSSR count). The van der Waals surface area contributed by atoms with Gasteiger partial charge < -0.3 is 4.90 Å². The van der Waals surface area contributed by atoms with E-state index in [1.165, 1.54) is 25.7 Å². The lowest BCUT2D eigenvalue weighted by Crippen LogP contribution is -2.47. The van der Waals surface area contributed by atoms with Gasteiger partial charge in [-0.05, 0) is 50.9 Å². The summed E-state index contributed by atoms with van der Waals surface area (Å²) in [6.07, 6.45) is 7.56. The molecular weight excluding hydrogens is 224 g/mol. The van der Waals surface area contributed by atoms with Crippen molar-refractivity contribution in [2.24, 2.45) is 11.8 Å². The van der Waals surface area contributed by atoms with Crippen LogP contribution in [0.4, 0.5) is 0 Å². The van der Waals surface area contributed by atoms with Gasteiger partial charge in [0.2, 0.25) is 5.91 Å². The number of rotatable bonds is 3. The molecule has 5 unspecified atom stereocenters. The number of hydrogen-bond donors (Lipinski definition) is 1. The monoisotopic (exact) mass is 250 g/mol. The second kappa shape index (κ2) is 4.22. The summed E-state index contributed by atoms with van der Waals surface area (Å²) in [5.74, 6) is 2.04. The van der Waals surface area contributed by atoms with Gasteiger partial charge >= 0.3 is 0 Å². The van der Waals surface area contributed by atoms with Crippen LogP contribution >= 0.6 is 0 Å². The summed E-state index contributed by atoms with van der Waals surface area (Å²) in [7, 11) is 0. The van der Waals surface area contributed by atoms with Crippen molar-refractivity contribution in [2.75, 3.05) is 0 Å². The van der Waals surface area contributed by atoms with E-state index < -0.39 is 0 Å². The van der Waals surface area contributed by atoms with Gasteiger partial charge in [0.1, 0.15) is 0 Å². The van der Waals surface area contributed by atoms with Gasteiger partial charge in [-0.3, -0.25) is 10.1 Å². The first-order valence-corrected chi connectivity index (χ1v) is 7.69. The number of carbonyl (C=O) groups excluding carboxylic acids is 1. The van der Waals surface area contributed by atoms with Crippen LogP contribution in [0.25, 0.3) is 0 Å². The summed E-state index contributed by atoms with van der Waals surface area (Å²) in [5.41, 5.74) is -0.317. The van der Waals surface area contributed by atoms with Crippen LogP contribution in [0.5, 0.6) is 0 Å². The first-order chi connectivity index (χ1) is 8.59. The predicted molar refractivity (Wildman–Crippen MR) is 72.0 cm³/mol. The lowest BCUT2D eigenvalue weighted by molar-refractivity contribution is -0.136. The summed E-state index contributed by atoms with van der Waals surface area (Å²) in [6, 6.07) is 0.530. The Balaban J connectivity index is 1.84. The topological polar surface area (TPSA) is 32.3 Å². The molecule has 1 aliphatic heterocycles. The fourth-order valence-corrected chi connectivity index (χ4v) is 4.41. The zero-order valence-electron chi connectivity index (χ0n) is 11.9. The van der Waals surface area contributed by atoms with Crippen molar-refractivity contribution in [3.63, 3.8) is 0 Å². The Hall–Kier alpha value is -0.570. The number of hydrogen-bond acceptors (Lipinski definition) is 2. The lowest BCUT2D eigenvalue weighted by Gasteiger charge is -2.35. The largest absolute Gasteiger partial charge is 0.322 e. The van der Waals surface area contributed by atoms with Crippen molar-refractivity contribution in [3.05, 3.63) is 0 Å². The predicted octanol–water partition coefficient (Wildman–Crippen LogP) is 2.51. The molecule has 3 nitrogen and oxygen atoms in total. The number of fused-ring (bicyclic) bond motifs is 2. The van der Waals surface area contributed by atoms with Gasteiger partial charge in [0.05, 0.1) is 11.7 Å². The van der Waals surface area contributed by atoms with Crippen LogP contribution in [0.2, 0.25) is 0 Å². The minimum atomic E-state index is -0.317. The molecule has 5 atom stereocenters. The van der Waals surface area contributed by atoms with Crippen LogP contribution in [-0.2, 0) is 4.79 Å². The molecule has 0 aromatic carbocycles. The van der Waals surface area contributed by atoms with Crippen LogP contribution in [0.3, 0.4) is 0 Å². The summed E-state index contributed by atoms with van der Waals surface area (Å²) in [4.78, 5) is 15.0. The Kier molecular flexibility index (Phi) is 2.92. The van der Waals surface area contributed by atoms with Gasteiger partial charge in [-0.15, -0.1) is 0 Å². The van der Waals surface area contributed by atoms with E-state index in [9.17, 15) is 4.79 Å². The van der Waals surface area contributed by atoms with Gasteiger partial charge in [0, 0.05) is 6.04 Å². The molecule has 1 heterocycles. The van der Waals surface area contributed by atoms with Gasteiger partial charge in [0.15, 0.2) is 0 Å². The fraction of sp³-hybridized carbons (Fsp3) is 0.933. The minimum absolute atomic E-state index is 0.270. The third-order valence-corrected chi connectivity index (χ3v) is 5.68. The van der Waals surface area contributed by atoms with Crippen molar-refractivity contribution in [3.8, 4) is 0 Å². The van der Waals surface area contributed by atoms with Crippen LogP contribution in [0.15, 0.2) is 0 Å². The van der Waals surface area contributed by atoms with Crippen LogP contribution in [0, 0.1) is 11.8 Å². The quantitative estimate of drug-likeness (QED) is 0.834. The summed E-state index contributed by atoms with van der Waals surface area (Å²) in [6.45, 7) is 6.37. The van der Waals surface area contributed by atoms with Gasteiger partial charge in [-0.25, -0.2) is 0 Å². The van der Waals surface area contributed by atoms with E-state index in [0.29, 0.717) is 11.9 Å². The molecule has 0 radical (unpaired) electrons. The summed E-state index contributed by atoms with van der Waals surface area (Å²) >= 11 is 0. The van der Waals surface area contributed by atoms with E-state index in [1.54, 1.807) is 0 Å². The van der Waals surface area contributed by atoms with Crippen molar-refractivity contribution < 1.29 is 4.79 Å². The first-order valence-electron chi connectivity index (χ1n) is 7.69. The van der Waals surface area contributed by atoms with Crippen LogP contribution in [-0.4, -0.2) is 28.6 Å². The van der Waals surface area contributed by atoms with E-state index in [1.807, 2.05) is 0 Å². The average molecular weight is 250 g/mol. The second-order valence-corrected chi connectivity index (χ2v) is 6.71. The SMILES string of the molecule is CCC1NC(C)(CC)C(=O)N1C1CC2CCC1C2. The zero-order valence-corrected chi connectivity index (χ0v) is 11.9. The molecule has 102 valence electrons. The number of nitrogens with zero attached hydrogens (tertiary/aromatic N) is 1. The lowest BCUT2D eigenvalue weighted by atomic mass is 9.92. The summed E-state index contributed by atoms with van der Waals surface area (Å²) < 4.78 is 0. The van der Waals surface area contributed by atoms with E-state index in [-0.39, 0.29) is 11.7 Å². The van der Waals surface area contributed by atoms with E-state index in [2.05, 4.69) is 31.0 Å². The Morgan fingerprint density at radius 2 is 2.11 bits per heavy atom. The molecule has 3 heteroatoms. The van der Waals surface area contributed by atoms with Crippen molar-refractivity contribution in [1.29, 1.82) is 0 Å². The Bertz CT molecular complexity index is 356. The molecule has 0 aromatic rings. The van der Waals surface area contributed by atoms with E-state index in [4.69, 9.17) is 0 Å². The van der Waals surface area contributed by atoms with Crippen molar-refractivity contribution in [2.45, 2.75) is 77.0 Å².